The first-order chi connectivity index (χ1) is 7.20. The molecule has 1 amide bonds. The molecular weight excluding hydrogens is 196 g/mol. The van der Waals surface area contributed by atoms with Crippen LogP contribution in [0.1, 0.15) is 6.92 Å². The van der Waals surface area contributed by atoms with Crippen LogP contribution in [0.4, 0.5) is 0 Å². The van der Waals surface area contributed by atoms with E-state index in [0.717, 1.165) is 5.57 Å². The number of aliphatic hydroxyl groups excluding tert-OH is 1. The molecule has 0 fully saturated rings. The van der Waals surface area contributed by atoms with Crippen molar-refractivity contribution in [1.82, 2.24) is 10.2 Å². The van der Waals surface area contributed by atoms with Gasteiger partial charge in [0, 0.05) is 12.3 Å². The monoisotopic (exact) mass is 210 g/mol. The van der Waals surface area contributed by atoms with Gasteiger partial charge in [-0.05, 0) is 12.5 Å². The number of carbonyl (C=O) groups is 1. The SMILES string of the molecule is CC1=CC(CO)OC1N1C=CC(=O)NC1. The molecule has 2 aliphatic heterocycles. The molecule has 0 saturated carbocycles. The summed E-state index contributed by atoms with van der Waals surface area (Å²) in [6.07, 6.45) is 4.65. The van der Waals surface area contributed by atoms with Crippen LogP contribution >= 0.6 is 0 Å². The van der Waals surface area contributed by atoms with Gasteiger partial charge in [-0.3, -0.25) is 4.79 Å². The van der Waals surface area contributed by atoms with E-state index in [2.05, 4.69) is 5.32 Å². The van der Waals surface area contributed by atoms with Crippen LogP contribution in [-0.4, -0.2) is 41.5 Å². The molecule has 82 valence electrons. The van der Waals surface area contributed by atoms with E-state index in [9.17, 15) is 4.79 Å². The first kappa shape index (κ1) is 10.2. The van der Waals surface area contributed by atoms with Crippen molar-refractivity contribution in [1.29, 1.82) is 0 Å². The van der Waals surface area contributed by atoms with Crippen LogP contribution in [0, 0.1) is 0 Å². The van der Waals surface area contributed by atoms with E-state index in [-0.39, 0.29) is 24.8 Å². The maximum absolute atomic E-state index is 10.9. The summed E-state index contributed by atoms with van der Waals surface area (Å²) in [6, 6.07) is 0. The molecule has 0 aromatic carbocycles. The van der Waals surface area contributed by atoms with Crippen molar-refractivity contribution in [2.75, 3.05) is 13.3 Å². The summed E-state index contributed by atoms with van der Waals surface area (Å²) in [6.45, 7) is 2.37. The Labute approximate surface area is 88.0 Å². The fourth-order valence-electron chi connectivity index (χ4n) is 1.73. The molecule has 0 saturated heterocycles. The molecule has 2 aliphatic rings. The Morgan fingerprint density at radius 3 is 3.07 bits per heavy atom. The van der Waals surface area contributed by atoms with Crippen molar-refractivity contribution in [3.8, 4) is 0 Å². The Hall–Kier alpha value is -1.33. The van der Waals surface area contributed by atoms with Crippen molar-refractivity contribution < 1.29 is 14.6 Å². The molecule has 2 heterocycles. The van der Waals surface area contributed by atoms with Crippen molar-refractivity contribution in [2.45, 2.75) is 19.3 Å². The largest absolute Gasteiger partial charge is 0.393 e. The van der Waals surface area contributed by atoms with E-state index >= 15 is 0 Å². The van der Waals surface area contributed by atoms with Crippen LogP contribution < -0.4 is 5.32 Å². The smallest absolute Gasteiger partial charge is 0.246 e. The van der Waals surface area contributed by atoms with E-state index < -0.39 is 0 Å². The van der Waals surface area contributed by atoms with E-state index in [1.54, 1.807) is 6.20 Å². The number of carbonyl (C=O) groups excluding carboxylic acids is 1. The molecule has 0 aromatic rings. The van der Waals surface area contributed by atoms with Crippen LogP contribution in [0.25, 0.3) is 0 Å². The van der Waals surface area contributed by atoms with Crippen LogP contribution in [0.15, 0.2) is 23.9 Å². The van der Waals surface area contributed by atoms with Gasteiger partial charge in [-0.15, -0.1) is 0 Å². The molecule has 0 radical (unpaired) electrons. The Morgan fingerprint density at radius 2 is 2.53 bits per heavy atom. The topological polar surface area (TPSA) is 61.8 Å². The second kappa shape index (κ2) is 4.04. The summed E-state index contributed by atoms with van der Waals surface area (Å²) < 4.78 is 5.58. The Morgan fingerprint density at radius 1 is 1.73 bits per heavy atom. The van der Waals surface area contributed by atoms with Gasteiger partial charge in [0.1, 0.15) is 6.10 Å². The number of rotatable bonds is 2. The van der Waals surface area contributed by atoms with Crippen LogP contribution in [-0.2, 0) is 9.53 Å². The lowest BCUT2D eigenvalue weighted by Gasteiger charge is -2.30. The molecule has 15 heavy (non-hydrogen) atoms. The van der Waals surface area contributed by atoms with Crippen molar-refractivity contribution in [2.24, 2.45) is 0 Å². The number of hydrogen-bond acceptors (Lipinski definition) is 4. The molecule has 5 nitrogen and oxygen atoms in total. The average molecular weight is 210 g/mol. The first-order valence-electron chi connectivity index (χ1n) is 4.87. The summed E-state index contributed by atoms with van der Waals surface area (Å²) in [4.78, 5) is 12.8. The maximum atomic E-state index is 10.9. The molecule has 0 spiro atoms. The normalized spacial score (nSPS) is 30.4. The summed E-state index contributed by atoms with van der Waals surface area (Å²) >= 11 is 0. The van der Waals surface area contributed by atoms with Gasteiger partial charge in [-0.25, -0.2) is 0 Å². The van der Waals surface area contributed by atoms with E-state index in [4.69, 9.17) is 9.84 Å². The molecule has 2 unspecified atom stereocenters. The van der Waals surface area contributed by atoms with Gasteiger partial charge in [-0.2, -0.15) is 0 Å². The summed E-state index contributed by atoms with van der Waals surface area (Å²) in [5.74, 6) is -0.0930. The fraction of sp³-hybridized carbons (Fsp3) is 0.500. The number of ether oxygens (including phenoxy) is 1. The number of hydrogen-bond donors (Lipinski definition) is 2. The van der Waals surface area contributed by atoms with Crippen molar-refractivity contribution in [3.63, 3.8) is 0 Å². The van der Waals surface area contributed by atoms with Crippen molar-refractivity contribution in [3.05, 3.63) is 23.9 Å². The minimum atomic E-state index is -0.235. The van der Waals surface area contributed by atoms with Gasteiger partial charge in [0.15, 0.2) is 6.23 Å². The highest BCUT2D eigenvalue weighted by molar-refractivity contribution is 5.87. The minimum absolute atomic E-state index is 0.0161. The zero-order chi connectivity index (χ0) is 10.8. The fourth-order valence-corrected chi connectivity index (χ4v) is 1.73. The molecule has 0 bridgehead atoms. The quantitative estimate of drug-likeness (QED) is 0.606. The summed E-state index contributed by atoms with van der Waals surface area (Å²) in [5, 5.41) is 11.7. The van der Waals surface area contributed by atoms with Crippen molar-refractivity contribution >= 4 is 5.91 Å². The highest BCUT2D eigenvalue weighted by atomic mass is 16.5. The van der Waals surface area contributed by atoms with Crippen LogP contribution in [0.2, 0.25) is 0 Å². The predicted octanol–water partition coefficient (Wildman–Crippen LogP) is -0.447. The van der Waals surface area contributed by atoms with Gasteiger partial charge < -0.3 is 20.1 Å². The Kier molecular flexibility index (Phi) is 2.75. The Balaban J connectivity index is 2.04. The summed E-state index contributed by atoms with van der Waals surface area (Å²) in [7, 11) is 0. The second-order valence-electron chi connectivity index (χ2n) is 3.65. The van der Waals surface area contributed by atoms with Gasteiger partial charge in [0.25, 0.3) is 0 Å². The zero-order valence-corrected chi connectivity index (χ0v) is 8.51. The molecule has 0 aliphatic carbocycles. The molecule has 2 atom stereocenters. The number of aliphatic hydroxyl groups is 1. The molecule has 5 heteroatoms. The van der Waals surface area contributed by atoms with Crippen LogP contribution in [0.3, 0.4) is 0 Å². The highest BCUT2D eigenvalue weighted by Crippen LogP contribution is 2.22. The Bertz CT molecular complexity index is 325. The van der Waals surface area contributed by atoms with Gasteiger partial charge >= 0.3 is 0 Å². The van der Waals surface area contributed by atoms with Crippen LogP contribution in [0.5, 0.6) is 0 Å². The third kappa shape index (κ3) is 2.03. The molecule has 2 rings (SSSR count). The van der Waals surface area contributed by atoms with E-state index in [0.29, 0.717) is 6.67 Å². The molecule has 2 N–H and O–H groups in total. The first-order valence-corrected chi connectivity index (χ1v) is 4.87. The predicted molar refractivity (Wildman–Crippen MR) is 53.5 cm³/mol. The third-order valence-corrected chi connectivity index (χ3v) is 2.48. The lowest BCUT2D eigenvalue weighted by atomic mass is 10.2. The van der Waals surface area contributed by atoms with E-state index in [1.165, 1.54) is 6.08 Å². The second-order valence-corrected chi connectivity index (χ2v) is 3.65. The molecule has 0 aromatic heterocycles. The minimum Gasteiger partial charge on any atom is -0.393 e. The summed E-state index contributed by atoms with van der Waals surface area (Å²) in [5.41, 5.74) is 1.05. The number of nitrogens with zero attached hydrogens (tertiary/aromatic N) is 1. The zero-order valence-electron chi connectivity index (χ0n) is 8.51. The highest BCUT2D eigenvalue weighted by Gasteiger charge is 2.28. The lowest BCUT2D eigenvalue weighted by molar-refractivity contribution is -0.119. The lowest BCUT2D eigenvalue weighted by Crippen LogP contribution is -2.44. The average Bonchev–Trinajstić information content (AvgIpc) is 2.61. The third-order valence-electron chi connectivity index (χ3n) is 2.48. The molecular formula is C10H14N2O3. The van der Waals surface area contributed by atoms with Gasteiger partial charge in [-0.1, -0.05) is 6.08 Å². The van der Waals surface area contributed by atoms with Gasteiger partial charge in [0.05, 0.1) is 13.3 Å². The number of amides is 1. The maximum Gasteiger partial charge on any atom is 0.246 e. The number of nitrogens with one attached hydrogen (secondary N) is 1. The standard InChI is InChI=1S/C10H14N2O3/c1-7-4-8(5-13)15-10(7)12-3-2-9(14)11-6-12/h2-4,8,10,13H,5-6H2,1H3,(H,11,14). The van der Waals surface area contributed by atoms with Gasteiger partial charge in [0.2, 0.25) is 5.91 Å². The van der Waals surface area contributed by atoms with E-state index in [1.807, 2.05) is 17.9 Å².